The van der Waals surface area contributed by atoms with Crippen LogP contribution in [0.2, 0.25) is 0 Å². The summed E-state index contributed by atoms with van der Waals surface area (Å²) in [6.45, 7) is 5.80. The van der Waals surface area contributed by atoms with Crippen LogP contribution in [0.3, 0.4) is 0 Å². The molecule has 0 amide bonds. The van der Waals surface area contributed by atoms with Gasteiger partial charge in [0.15, 0.2) is 0 Å². The Kier molecular flexibility index (Phi) is 3.75. The van der Waals surface area contributed by atoms with E-state index in [1.807, 2.05) is 32.0 Å². The second kappa shape index (κ2) is 5.19. The van der Waals surface area contributed by atoms with Crippen molar-refractivity contribution in [1.82, 2.24) is 0 Å². The number of aryl methyl sites for hydroxylation is 3. The zero-order chi connectivity index (χ0) is 14.9. The van der Waals surface area contributed by atoms with Crippen molar-refractivity contribution in [2.75, 3.05) is 0 Å². The Morgan fingerprint density at radius 3 is 2.05 bits per heavy atom. The molecule has 2 aromatic carbocycles. The molecule has 2 aromatic rings. The Morgan fingerprint density at radius 1 is 0.800 bits per heavy atom. The van der Waals surface area contributed by atoms with Gasteiger partial charge in [-0.1, -0.05) is 24.3 Å². The fourth-order valence-corrected chi connectivity index (χ4v) is 2.07. The number of halogens is 3. The zero-order valence-corrected chi connectivity index (χ0v) is 11.5. The van der Waals surface area contributed by atoms with Gasteiger partial charge in [0, 0.05) is 0 Å². The molecule has 0 saturated heterocycles. The highest BCUT2D eigenvalue weighted by atomic mass is 19.4. The largest absolute Gasteiger partial charge is 0.573 e. The highest BCUT2D eigenvalue weighted by molar-refractivity contribution is 5.69. The molecule has 1 nitrogen and oxygen atoms in total. The topological polar surface area (TPSA) is 9.23 Å². The minimum absolute atomic E-state index is 0.192. The fraction of sp³-hybridized carbons (Fsp3) is 0.250. The number of alkyl halides is 3. The first-order chi connectivity index (χ1) is 9.26. The summed E-state index contributed by atoms with van der Waals surface area (Å²) in [5.41, 5.74) is 4.97. The van der Waals surface area contributed by atoms with E-state index in [1.54, 1.807) is 13.0 Å². The van der Waals surface area contributed by atoms with Gasteiger partial charge in [0.2, 0.25) is 0 Å². The second-order valence-corrected chi connectivity index (χ2v) is 4.82. The predicted molar refractivity (Wildman–Crippen MR) is 72.8 cm³/mol. The average Bonchev–Trinajstić information content (AvgIpc) is 2.31. The van der Waals surface area contributed by atoms with Crippen LogP contribution in [0, 0.1) is 20.8 Å². The molecule has 0 aliphatic carbocycles. The van der Waals surface area contributed by atoms with Crippen LogP contribution in [0.25, 0.3) is 11.1 Å². The molecule has 0 fully saturated rings. The molecular weight excluding hydrogens is 265 g/mol. The Bertz CT molecular complexity index is 630. The lowest BCUT2D eigenvalue weighted by molar-refractivity contribution is -0.274. The Morgan fingerprint density at radius 2 is 1.50 bits per heavy atom. The van der Waals surface area contributed by atoms with Crippen molar-refractivity contribution in [3.63, 3.8) is 0 Å². The Balaban J connectivity index is 2.36. The Labute approximate surface area is 116 Å². The van der Waals surface area contributed by atoms with Gasteiger partial charge in [0.05, 0.1) is 0 Å². The van der Waals surface area contributed by atoms with Crippen LogP contribution in [-0.2, 0) is 0 Å². The van der Waals surface area contributed by atoms with Gasteiger partial charge in [0.25, 0.3) is 0 Å². The van der Waals surface area contributed by atoms with Gasteiger partial charge >= 0.3 is 6.36 Å². The van der Waals surface area contributed by atoms with Crippen LogP contribution in [-0.4, -0.2) is 6.36 Å². The van der Waals surface area contributed by atoms with E-state index in [0.29, 0.717) is 0 Å². The van der Waals surface area contributed by atoms with Crippen molar-refractivity contribution in [1.29, 1.82) is 0 Å². The third-order valence-electron chi connectivity index (χ3n) is 3.25. The number of rotatable bonds is 2. The zero-order valence-electron chi connectivity index (χ0n) is 11.5. The van der Waals surface area contributed by atoms with Crippen molar-refractivity contribution in [3.8, 4) is 16.9 Å². The SMILES string of the molecule is Cc1ccc(-c2ccc(OC(F)(F)F)cc2C)cc1C. The summed E-state index contributed by atoms with van der Waals surface area (Å²) in [5.74, 6) is -0.192. The minimum Gasteiger partial charge on any atom is -0.406 e. The van der Waals surface area contributed by atoms with Crippen LogP contribution in [0.1, 0.15) is 16.7 Å². The Hall–Kier alpha value is -1.97. The molecule has 0 saturated carbocycles. The van der Waals surface area contributed by atoms with Crippen molar-refractivity contribution < 1.29 is 17.9 Å². The summed E-state index contributed by atoms with van der Waals surface area (Å²) >= 11 is 0. The third kappa shape index (κ3) is 3.32. The van der Waals surface area contributed by atoms with E-state index in [-0.39, 0.29) is 5.75 Å². The highest BCUT2D eigenvalue weighted by Crippen LogP contribution is 2.30. The standard InChI is InChI=1S/C16H15F3O/c1-10-4-5-13(8-11(10)2)15-7-6-14(9-12(15)3)20-16(17,18)19/h4-9H,1-3H3. The maximum absolute atomic E-state index is 12.2. The third-order valence-corrected chi connectivity index (χ3v) is 3.25. The van der Waals surface area contributed by atoms with Crippen LogP contribution in [0.5, 0.6) is 5.75 Å². The molecular formula is C16H15F3O. The molecule has 4 heteroatoms. The summed E-state index contributed by atoms with van der Waals surface area (Å²) in [7, 11) is 0. The van der Waals surface area contributed by atoms with Gasteiger partial charge in [-0.3, -0.25) is 0 Å². The van der Waals surface area contributed by atoms with E-state index >= 15 is 0 Å². The molecule has 106 valence electrons. The summed E-state index contributed by atoms with van der Waals surface area (Å²) < 4.78 is 40.4. The van der Waals surface area contributed by atoms with E-state index in [9.17, 15) is 13.2 Å². The van der Waals surface area contributed by atoms with Crippen LogP contribution in [0.15, 0.2) is 36.4 Å². The van der Waals surface area contributed by atoms with Gasteiger partial charge in [-0.25, -0.2) is 0 Å². The van der Waals surface area contributed by atoms with Crippen molar-refractivity contribution in [2.45, 2.75) is 27.1 Å². The van der Waals surface area contributed by atoms with Crippen LogP contribution in [0.4, 0.5) is 13.2 Å². The van der Waals surface area contributed by atoms with E-state index in [0.717, 1.165) is 22.3 Å². The lowest BCUT2D eigenvalue weighted by Gasteiger charge is -2.12. The van der Waals surface area contributed by atoms with E-state index < -0.39 is 6.36 Å². The molecule has 0 radical (unpaired) electrons. The maximum Gasteiger partial charge on any atom is 0.573 e. The molecule has 0 aromatic heterocycles. The first-order valence-electron chi connectivity index (χ1n) is 6.20. The first kappa shape index (κ1) is 14.4. The summed E-state index contributed by atoms with van der Waals surface area (Å²) in [5, 5.41) is 0. The van der Waals surface area contributed by atoms with Gasteiger partial charge in [-0.2, -0.15) is 0 Å². The predicted octanol–water partition coefficient (Wildman–Crippen LogP) is 5.18. The van der Waals surface area contributed by atoms with E-state index in [1.165, 1.54) is 17.7 Å². The molecule has 0 N–H and O–H groups in total. The number of hydrogen-bond donors (Lipinski definition) is 0. The minimum atomic E-state index is -4.66. The number of benzene rings is 2. The second-order valence-electron chi connectivity index (χ2n) is 4.82. The molecule has 2 rings (SSSR count). The normalized spacial score (nSPS) is 11.5. The van der Waals surface area contributed by atoms with Gasteiger partial charge in [-0.15, -0.1) is 13.2 Å². The van der Waals surface area contributed by atoms with Gasteiger partial charge < -0.3 is 4.74 Å². The first-order valence-corrected chi connectivity index (χ1v) is 6.20. The molecule has 0 bridgehead atoms. The van der Waals surface area contributed by atoms with Crippen molar-refractivity contribution >= 4 is 0 Å². The molecule has 0 atom stereocenters. The van der Waals surface area contributed by atoms with Gasteiger partial charge in [0.1, 0.15) is 5.75 Å². The fourth-order valence-electron chi connectivity index (χ4n) is 2.07. The molecule has 0 aliphatic heterocycles. The molecule has 0 spiro atoms. The quantitative estimate of drug-likeness (QED) is 0.736. The van der Waals surface area contributed by atoms with E-state index in [4.69, 9.17) is 0 Å². The monoisotopic (exact) mass is 280 g/mol. The van der Waals surface area contributed by atoms with Crippen LogP contribution >= 0.6 is 0 Å². The summed E-state index contributed by atoms with van der Waals surface area (Å²) in [6, 6.07) is 10.4. The number of hydrogen-bond acceptors (Lipinski definition) is 1. The smallest absolute Gasteiger partial charge is 0.406 e. The lowest BCUT2D eigenvalue weighted by atomic mass is 9.97. The summed E-state index contributed by atoms with van der Waals surface area (Å²) in [4.78, 5) is 0. The van der Waals surface area contributed by atoms with Crippen LogP contribution < -0.4 is 4.74 Å². The maximum atomic E-state index is 12.2. The molecule has 0 heterocycles. The van der Waals surface area contributed by atoms with Gasteiger partial charge in [-0.05, 0) is 60.7 Å². The molecule has 0 aliphatic rings. The average molecular weight is 280 g/mol. The van der Waals surface area contributed by atoms with E-state index in [2.05, 4.69) is 4.74 Å². The molecule has 20 heavy (non-hydrogen) atoms. The molecule has 0 unspecified atom stereocenters. The summed E-state index contributed by atoms with van der Waals surface area (Å²) in [6.07, 6.45) is -4.66. The highest BCUT2D eigenvalue weighted by Gasteiger charge is 2.31. The lowest BCUT2D eigenvalue weighted by Crippen LogP contribution is -2.17. The van der Waals surface area contributed by atoms with Crippen molar-refractivity contribution in [2.24, 2.45) is 0 Å². The van der Waals surface area contributed by atoms with Crippen molar-refractivity contribution in [3.05, 3.63) is 53.1 Å². The number of ether oxygens (including phenoxy) is 1.